The van der Waals surface area contributed by atoms with Crippen molar-refractivity contribution in [3.63, 3.8) is 0 Å². The number of aliphatic imine (C=N–C) groups is 2. The fourth-order valence-electron chi connectivity index (χ4n) is 4.10. The van der Waals surface area contributed by atoms with Crippen LogP contribution in [0.25, 0.3) is 0 Å². The number of hydrogen-bond donors (Lipinski definition) is 3. The normalized spacial score (nSPS) is 22.4. The quantitative estimate of drug-likeness (QED) is 0.607. The number of nitrogens with two attached hydrogens (primary N) is 1. The van der Waals surface area contributed by atoms with Crippen LogP contribution < -0.4 is 21.3 Å². The molecule has 1 aromatic rings. The van der Waals surface area contributed by atoms with Gasteiger partial charge in [-0.15, -0.1) is 0 Å². The molecule has 2 fully saturated rings. The molecule has 1 aliphatic carbocycles. The van der Waals surface area contributed by atoms with Gasteiger partial charge in [-0.05, 0) is 56.4 Å². The van der Waals surface area contributed by atoms with Crippen molar-refractivity contribution in [3.05, 3.63) is 47.7 Å². The molecule has 0 radical (unpaired) electrons. The summed E-state index contributed by atoms with van der Waals surface area (Å²) in [6.07, 6.45) is 7.42. The number of aryl methyl sites for hydroxylation is 1. The molecule has 8 nitrogen and oxygen atoms in total. The summed E-state index contributed by atoms with van der Waals surface area (Å²) in [5.74, 6) is 1.34. The Morgan fingerprint density at radius 2 is 2.06 bits per heavy atom. The molecule has 0 spiro atoms. The zero-order valence-corrected chi connectivity index (χ0v) is 18.2. The van der Waals surface area contributed by atoms with Gasteiger partial charge >= 0.3 is 0 Å². The smallest absolute Gasteiger partial charge is 0.214 e. The summed E-state index contributed by atoms with van der Waals surface area (Å²) < 4.78 is 11.4. The Morgan fingerprint density at radius 3 is 2.81 bits per heavy atom. The molecule has 1 saturated heterocycles. The first-order chi connectivity index (χ1) is 15.1. The second-order valence-electron chi connectivity index (χ2n) is 8.12. The van der Waals surface area contributed by atoms with Crippen molar-refractivity contribution in [2.75, 3.05) is 36.5 Å². The van der Waals surface area contributed by atoms with Gasteiger partial charge in [0.2, 0.25) is 5.88 Å². The zero-order chi connectivity index (χ0) is 21.6. The molecule has 0 atom stereocenters. The molecule has 4 N–H and O–H groups in total. The molecule has 0 amide bonds. The van der Waals surface area contributed by atoms with Crippen molar-refractivity contribution in [2.45, 2.75) is 45.1 Å². The maximum absolute atomic E-state index is 6.20. The average molecular weight is 425 g/mol. The fraction of sp³-hybridized carbons (Fsp3) is 0.478. The van der Waals surface area contributed by atoms with Crippen LogP contribution in [0.1, 0.15) is 37.7 Å². The topological polar surface area (TPSA) is 96.5 Å². The van der Waals surface area contributed by atoms with Crippen LogP contribution in [0, 0.1) is 6.92 Å². The minimum Gasteiger partial charge on any atom is -0.474 e. The van der Waals surface area contributed by atoms with Crippen LogP contribution in [0.3, 0.4) is 0 Å². The molecule has 0 unspecified atom stereocenters. The Hall–Kier alpha value is -3.00. The van der Waals surface area contributed by atoms with Gasteiger partial charge in [0.25, 0.3) is 0 Å². The third-order valence-corrected chi connectivity index (χ3v) is 5.81. The number of rotatable bonds is 6. The number of nitrogens with one attached hydrogen (secondary N) is 2. The Morgan fingerprint density at radius 1 is 1.29 bits per heavy atom. The van der Waals surface area contributed by atoms with Gasteiger partial charge in [-0.3, -0.25) is 0 Å². The van der Waals surface area contributed by atoms with Crippen molar-refractivity contribution < 1.29 is 9.47 Å². The maximum atomic E-state index is 6.20. The van der Waals surface area contributed by atoms with Crippen molar-refractivity contribution in [3.8, 4) is 0 Å². The summed E-state index contributed by atoms with van der Waals surface area (Å²) in [7, 11) is 0. The lowest BCUT2D eigenvalue weighted by Crippen LogP contribution is -2.36. The molecule has 2 aliphatic heterocycles. The van der Waals surface area contributed by atoms with Gasteiger partial charge in [0.05, 0.1) is 19.6 Å². The highest BCUT2D eigenvalue weighted by atomic mass is 16.5. The second kappa shape index (κ2) is 9.87. The highest BCUT2D eigenvalue weighted by molar-refractivity contribution is 6.09. The van der Waals surface area contributed by atoms with E-state index in [0.29, 0.717) is 23.2 Å². The van der Waals surface area contributed by atoms with Crippen LogP contribution in [-0.4, -0.2) is 44.6 Å². The molecule has 2 heterocycles. The molecular formula is C23H32N6O2. The molecule has 8 heteroatoms. The fourth-order valence-corrected chi connectivity index (χ4v) is 4.10. The first-order valence-corrected chi connectivity index (χ1v) is 11.0. The van der Waals surface area contributed by atoms with E-state index in [1.807, 2.05) is 0 Å². The SMILES string of the molecule is C=C(/N=C1/NC=N/C1=C(/N)OC1CCCCC1)Nc1ccc(N2CCOCC2)cc1C. The van der Waals surface area contributed by atoms with Crippen molar-refractivity contribution >= 4 is 23.5 Å². The van der Waals surface area contributed by atoms with Gasteiger partial charge in [-0.1, -0.05) is 13.0 Å². The average Bonchev–Trinajstić information content (AvgIpc) is 3.24. The molecule has 1 aromatic carbocycles. The summed E-state index contributed by atoms with van der Waals surface area (Å²) in [6.45, 7) is 9.49. The molecule has 0 bridgehead atoms. The highest BCUT2D eigenvalue weighted by Crippen LogP contribution is 2.25. The Bertz CT molecular complexity index is 895. The number of nitrogens with zero attached hydrogens (tertiary/aromatic N) is 3. The molecular weight excluding hydrogens is 392 g/mol. The zero-order valence-electron chi connectivity index (χ0n) is 18.2. The van der Waals surface area contributed by atoms with Crippen molar-refractivity contribution in [1.29, 1.82) is 0 Å². The van der Waals surface area contributed by atoms with E-state index in [1.165, 1.54) is 24.9 Å². The number of amidine groups is 1. The number of hydrogen-bond acceptors (Lipinski definition) is 7. The standard InChI is InChI=1S/C23H32N6O2/c1-16-14-18(29-10-12-30-13-11-29)8-9-20(16)27-17(2)28-23-21(25-15-26-23)22(24)31-19-6-4-3-5-7-19/h8-9,14-15,19,27H,2-7,10-13,24H2,1H3,(H,25,26,28)/b22-21-. The van der Waals surface area contributed by atoms with Gasteiger partial charge < -0.3 is 30.7 Å². The summed E-state index contributed by atoms with van der Waals surface area (Å²) >= 11 is 0. The summed E-state index contributed by atoms with van der Waals surface area (Å²) in [5, 5.41) is 6.31. The van der Waals surface area contributed by atoms with E-state index < -0.39 is 0 Å². The predicted octanol–water partition coefficient (Wildman–Crippen LogP) is 3.22. The van der Waals surface area contributed by atoms with E-state index in [2.05, 4.69) is 57.2 Å². The van der Waals surface area contributed by atoms with E-state index in [1.54, 1.807) is 6.34 Å². The Kier molecular flexibility index (Phi) is 6.76. The van der Waals surface area contributed by atoms with Gasteiger partial charge in [-0.25, -0.2) is 9.98 Å². The maximum Gasteiger partial charge on any atom is 0.214 e. The van der Waals surface area contributed by atoms with E-state index >= 15 is 0 Å². The lowest BCUT2D eigenvalue weighted by molar-refractivity contribution is 0.0795. The number of benzene rings is 1. The minimum atomic E-state index is 0.159. The monoisotopic (exact) mass is 424 g/mol. The van der Waals surface area contributed by atoms with Gasteiger partial charge in [0.15, 0.2) is 11.5 Å². The summed E-state index contributed by atoms with van der Waals surface area (Å²) in [5.41, 5.74) is 10.0. The van der Waals surface area contributed by atoms with Crippen LogP contribution in [0.15, 0.2) is 52.2 Å². The number of morpholine rings is 1. The van der Waals surface area contributed by atoms with Crippen LogP contribution in [0.4, 0.5) is 11.4 Å². The predicted molar refractivity (Wildman–Crippen MR) is 125 cm³/mol. The van der Waals surface area contributed by atoms with Gasteiger partial charge in [0, 0.05) is 24.5 Å². The van der Waals surface area contributed by atoms with Crippen molar-refractivity contribution in [2.24, 2.45) is 15.7 Å². The third kappa shape index (κ3) is 5.38. The minimum absolute atomic E-state index is 0.159. The number of anilines is 2. The van der Waals surface area contributed by atoms with E-state index in [4.69, 9.17) is 15.2 Å². The molecule has 0 aromatic heterocycles. The van der Waals surface area contributed by atoms with Crippen LogP contribution in [0.5, 0.6) is 0 Å². The highest BCUT2D eigenvalue weighted by Gasteiger charge is 2.21. The van der Waals surface area contributed by atoms with Gasteiger partial charge in [0.1, 0.15) is 11.9 Å². The first-order valence-electron chi connectivity index (χ1n) is 11.0. The van der Waals surface area contributed by atoms with Gasteiger partial charge in [-0.2, -0.15) is 0 Å². The van der Waals surface area contributed by atoms with Crippen molar-refractivity contribution in [1.82, 2.24) is 5.32 Å². The van der Waals surface area contributed by atoms with Crippen LogP contribution in [-0.2, 0) is 9.47 Å². The van der Waals surface area contributed by atoms with Crippen LogP contribution in [0.2, 0.25) is 0 Å². The lowest BCUT2D eigenvalue weighted by Gasteiger charge is -2.29. The van der Waals surface area contributed by atoms with E-state index in [9.17, 15) is 0 Å². The molecule has 1 saturated carbocycles. The largest absolute Gasteiger partial charge is 0.474 e. The van der Waals surface area contributed by atoms with E-state index in [0.717, 1.165) is 50.4 Å². The lowest BCUT2D eigenvalue weighted by atomic mass is 9.98. The Balaban J connectivity index is 1.41. The second-order valence-corrected chi connectivity index (χ2v) is 8.12. The molecule has 166 valence electrons. The number of ether oxygens (including phenoxy) is 2. The molecule has 31 heavy (non-hydrogen) atoms. The Labute approximate surface area is 183 Å². The summed E-state index contributed by atoms with van der Waals surface area (Å²) in [6, 6.07) is 6.34. The van der Waals surface area contributed by atoms with Crippen LogP contribution >= 0.6 is 0 Å². The summed E-state index contributed by atoms with van der Waals surface area (Å²) in [4.78, 5) is 11.2. The molecule has 3 aliphatic rings. The molecule has 4 rings (SSSR count). The first kappa shape index (κ1) is 21.2. The van der Waals surface area contributed by atoms with E-state index in [-0.39, 0.29) is 6.10 Å². The third-order valence-electron chi connectivity index (χ3n) is 5.81.